The van der Waals surface area contributed by atoms with Crippen LogP contribution in [0.25, 0.3) is 0 Å². The molecule has 0 aromatic carbocycles. The number of amides is 2. The number of carbonyl (C=O) groups is 2. The fourth-order valence-corrected chi connectivity index (χ4v) is 4.51. The summed E-state index contributed by atoms with van der Waals surface area (Å²) in [6, 6.07) is 0. The molecule has 4 atom stereocenters. The van der Waals surface area contributed by atoms with Gasteiger partial charge in [0, 0.05) is 19.6 Å². The Hall–Kier alpha value is -1.16. The van der Waals surface area contributed by atoms with E-state index in [0.29, 0.717) is 45.0 Å². The first kappa shape index (κ1) is 23.1. The third kappa shape index (κ3) is 4.37. The lowest BCUT2D eigenvalue weighted by Gasteiger charge is -2.24. The monoisotopic (exact) mass is 504 g/mol. The smallest absolute Gasteiger partial charge is 0.233 e. The molecule has 7 nitrogen and oxygen atoms in total. The molecule has 1 aliphatic heterocycles. The molecule has 0 aromatic heterocycles. The summed E-state index contributed by atoms with van der Waals surface area (Å²) in [7, 11) is 0. The second-order valence-corrected chi connectivity index (χ2v) is 7.88. The molecule has 2 bridgehead atoms. The average Bonchev–Trinajstić information content (AvgIpc) is 3.35. The van der Waals surface area contributed by atoms with Crippen LogP contribution in [0.1, 0.15) is 40.0 Å². The number of nitrogens with one attached hydrogen (secondary N) is 2. The van der Waals surface area contributed by atoms with Crippen LogP contribution in [0, 0.1) is 23.7 Å². The molecule has 2 amide bonds. The highest BCUT2D eigenvalue weighted by Gasteiger charge is 2.58. The maximum atomic E-state index is 12.7. The predicted molar refractivity (Wildman–Crippen MR) is 119 cm³/mol. The number of nitrogens with zero attached hydrogens (tertiary/aromatic N) is 2. The molecule has 3 N–H and O–H groups in total. The van der Waals surface area contributed by atoms with Crippen LogP contribution in [-0.4, -0.2) is 59.6 Å². The van der Waals surface area contributed by atoms with Crippen molar-refractivity contribution in [3.63, 3.8) is 0 Å². The number of hydrogen-bond acceptors (Lipinski definition) is 4. The van der Waals surface area contributed by atoms with Gasteiger partial charge in [0.25, 0.3) is 0 Å². The molecule has 8 heteroatoms. The Bertz CT molecular complexity index is 617. The van der Waals surface area contributed by atoms with Crippen LogP contribution in [0.5, 0.6) is 0 Å². The SMILES string of the molecule is CCNC(=NCC(O)(CC)CC)NCCN1C(=O)C2C3C=CC(C3)C2C1=O.I. The molecule has 3 rings (SSSR count). The van der Waals surface area contributed by atoms with Gasteiger partial charge in [-0.05, 0) is 38.0 Å². The van der Waals surface area contributed by atoms with Gasteiger partial charge in [-0.15, -0.1) is 24.0 Å². The van der Waals surface area contributed by atoms with Gasteiger partial charge in [0.1, 0.15) is 0 Å². The molecule has 0 spiro atoms. The lowest BCUT2D eigenvalue weighted by molar-refractivity contribution is -0.140. The summed E-state index contributed by atoms with van der Waals surface area (Å²) in [6.07, 6.45) is 6.45. The summed E-state index contributed by atoms with van der Waals surface area (Å²) in [6.45, 7) is 7.67. The third-order valence-electron chi connectivity index (χ3n) is 6.38. The molecule has 4 unspecified atom stereocenters. The fourth-order valence-electron chi connectivity index (χ4n) is 4.51. The van der Waals surface area contributed by atoms with Crippen LogP contribution < -0.4 is 10.6 Å². The first-order chi connectivity index (χ1) is 12.9. The van der Waals surface area contributed by atoms with Gasteiger partial charge in [-0.1, -0.05) is 26.0 Å². The van der Waals surface area contributed by atoms with E-state index in [1.54, 1.807) is 0 Å². The highest BCUT2D eigenvalue weighted by Crippen LogP contribution is 2.52. The van der Waals surface area contributed by atoms with Gasteiger partial charge in [0.05, 0.1) is 24.0 Å². The molecule has 158 valence electrons. The maximum absolute atomic E-state index is 12.7. The van der Waals surface area contributed by atoms with Gasteiger partial charge in [-0.25, -0.2) is 0 Å². The number of aliphatic hydroxyl groups is 1. The topological polar surface area (TPSA) is 94.0 Å². The van der Waals surface area contributed by atoms with Crippen LogP contribution in [0.3, 0.4) is 0 Å². The van der Waals surface area contributed by atoms with Crippen molar-refractivity contribution in [2.45, 2.75) is 45.6 Å². The molecule has 3 aliphatic rings. The average molecular weight is 504 g/mol. The fraction of sp³-hybridized carbons (Fsp3) is 0.750. The molecular weight excluding hydrogens is 471 g/mol. The van der Waals surface area contributed by atoms with Crippen molar-refractivity contribution in [1.29, 1.82) is 0 Å². The lowest BCUT2D eigenvalue weighted by Crippen LogP contribution is -2.44. The molecule has 28 heavy (non-hydrogen) atoms. The molecule has 0 radical (unpaired) electrons. The second-order valence-electron chi connectivity index (χ2n) is 7.88. The summed E-state index contributed by atoms with van der Waals surface area (Å²) in [5.41, 5.74) is -0.799. The summed E-state index contributed by atoms with van der Waals surface area (Å²) in [5, 5.41) is 16.7. The highest BCUT2D eigenvalue weighted by atomic mass is 127. The Morgan fingerprint density at radius 3 is 2.21 bits per heavy atom. The first-order valence-corrected chi connectivity index (χ1v) is 10.2. The number of imide groups is 1. The standard InChI is InChI=1S/C20H32N4O3.HI/c1-4-20(27,5-2)12-23-19(21-6-3)22-9-10-24-17(25)15-13-7-8-14(11-13)16(15)18(24)26;/h7-8,13-16,27H,4-6,9-12H2,1-3H3,(H2,21,22,23);1H. The zero-order chi connectivity index (χ0) is 19.6. The Labute approximate surface area is 184 Å². The molecular formula is C20H33IN4O3. The summed E-state index contributed by atoms with van der Waals surface area (Å²) in [5.74, 6) is 0.771. The largest absolute Gasteiger partial charge is 0.388 e. The zero-order valence-electron chi connectivity index (χ0n) is 17.0. The minimum absolute atomic E-state index is 0. The molecule has 0 aromatic rings. The molecule has 1 saturated heterocycles. The van der Waals surface area contributed by atoms with E-state index >= 15 is 0 Å². The van der Waals surface area contributed by atoms with E-state index in [0.717, 1.165) is 6.42 Å². The van der Waals surface area contributed by atoms with Crippen LogP contribution in [0.15, 0.2) is 17.1 Å². The minimum Gasteiger partial charge on any atom is -0.388 e. The molecule has 2 fully saturated rings. The number of aliphatic imine (C=N–C) groups is 1. The lowest BCUT2D eigenvalue weighted by atomic mass is 9.85. The Balaban J connectivity index is 0.00000280. The summed E-state index contributed by atoms with van der Waals surface area (Å²) >= 11 is 0. The van der Waals surface area contributed by atoms with Crippen molar-refractivity contribution in [3.05, 3.63) is 12.2 Å². The molecule has 2 aliphatic carbocycles. The summed E-state index contributed by atoms with van der Waals surface area (Å²) < 4.78 is 0. The van der Waals surface area contributed by atoms with Crippen LogP contribution in [-0.2, 0) is 9.59 Å². The number of allylic oxidation sites excluding steroid dienone is 2. The van der Waals surface area contributed by atoms with Crippen molar-refractivity contribution >= 4 is 41.8 Å². The highest BCUT2D eigenvalue weighted by molar-refractivity contribution is 14.0. The van der Waals surface area contributed by atoms with Crippen LogP contribution in [0.4, 0.5) is 0 Å². The van der Waals surface area contributed by atoms with Crippen molar-refractivity contribution in [2.24, 2.45) is 28.7 Å². The van der Waals surface area contributed by atoms with Crippen molar-refractivity contribution in [3.8, 4) is 0 Å². The molecule has 1 saturated carbocycles. The number of likely N-dealkylation sites (tertiary alicyclic amines) is 1. The maximum Gasteiger partial charge on any atom is 0.233 e. The van der Waals surface area contributed by atoms with Crippen LogP contribution in [0.2, 0.25) is 0 Å². The van der Waals surface area contributed by atoms with E-state index in [1.807, 2.05) is 20.8 Å². The minimum atomic E-state index is -0.799. The number of rotatable bonds is 8. The van der Waals surface area contributed by atoms with E-state index in [-0.39, 0.29) is 59.5 Å². The van der Waals surface area contributed by atoms with Crippen molar-refractivity contribution in [2.75, 3.05) is 26.2 Å². The van der Waals surface area contributed by atoms with Gasteiger partial charge < -0.3 is 15.7 Å². The van der Waals surface area contributed by atoms with E-state index in [4.69, 9.17) is 0 Å². The summed E-state index contributed by atoms with van der Waals surface area (Å²) in [4.78, 5) is 31.3. The van der Waals surface area contributed by atoms with Gasteiger partial charge in [-0.3, -0.25) is 19.5 Å². The van der Waals surface area contributed by atoms with E-state index in [2.05, 4.69) is 27.8 Å². The van der Waals surface area contributed by atoms with E-state index in [9.17, 15) is 14.7 Å². The quantitative estimate of drug-likeness (QED) is 0.153. The molecule has 1 heterocycles. The Kier molecular flexibility index (Phi) is 7.89. The zero-order valence-corrected chi connectivity index (χ0v) is 19.3. The Morgan fingerprint density at radius 2 is 1.71 bits per heavy atom. The van der Waals surface area contributed by atoms with Crippen molar-refractivity contribution < 1.29 is 14.7 Å². The first-order valence-electron chi connectivity index (χ1n) is 10.2. The number of hydrogen-bond donors (Lipinski definition) is 3. The van der Waals surface area contributed by atoms with Gasteiger partial charge in [-0.2, -0.15) is 0 Å². The van der Waals surface area contributed by atoms with Gasteiger partial charge >= 0.3 is 0 Å². The van der Waals surface area contributed by atoms with E-state index in [1.165, 1.54) is 4.90 Å². The van der Waals surface area contributed by atoms with Gasteiger partial charge in [0.15, 0.2) is 5.96 Å². The predicted octanol–water partition coefficient (Wildman–Crippen LogP) is 1.52. The van der Waals surface area contributed by atoms with E-state index < -0.39 is 5.60 Å². The second kappa shape index (κ2) is 9.56. The van der Waals surface area contributed by atoms with Crippen molar-refractivity contribution in [1.82, 2.24) is 15.5 Å². The Morgan fingerprint density at radius 1 is 1.14 bits per heavy atom. The number of guanidine groups is 1. The number of carbonyl (C=O) groups excluding carboxylic acids is 2. The van der Waals surface area contributed by atoms with Gasteiger partial charge in [0.2, 0.25) is 11.8 Å². The number of halogens is 1. The number of fused-ring (bicyclic) bond motifs is 5. The third-order valence-corrected chi connectivity index (χ3v) is 6.38. The van der Waals surface area contributed by atoms with Crippen LogP contribution >= 0.6 is 24.0 Å². The normalized spacial score (nSPS) is 28.6.